The normalized spacial score (nSPS) is 11.2. The first-order chi connectivity index (χ1) is 11.5. The van der Waals surface area contributed by atoms with Crippen LogP contribution in [0, 0.1) is 19.7 Å². The third-order valence-corrected chi connectivity index (χ3v) is 5.92. The van der Waals surface area contributed by atoms with Crippen LogP contribution in [0.2, 0.25) is 0 Å². The van der Waals surface area contributed by atoms with E-state index in [0.29, 0.717) is 28.5 Å². The van der Waals surface area contributed by atoms with E-state index >= 15 is 0 Å². The summed E-state index contributed by atoms with van der Waals surface area (Å²) in [4.78, 5) is 21.5. The van der Waals surface area contributed by atoms with E-state index in [1.165, 1.54) is 23.5 Å². The summed E-state index contributed by atoms with van der Waals surface area (Å²) in [6, 6.07) is 4.47. The summed E-state index contributed by atoms with van der Waals surface area (Å²) in [6.45, 7) is 3.93. The largest absolute Gasteiger partial charge is 0.496 e. The maximum atomic E-state index is 13.4. The zero-order valence-corrected chi connectivity index (χ0v) is 15.2. The van der Waals surface area contributed by atoms with Gasteiger partial charge in [-0.05, 0) is 37.6 Å². The molecule has 0 spiro atoms. The highest BCUT2D eigenvalue weighted by Gasteiger charge is 2.12. The number of H-pyrrole nitrogens is 1. The van der Waals surface area contributed by atoms with Crippen LogP contribution in [0.3, 0.4) is 0 Å². The minimum atomic E-state index is -0.288. The summed E-state index contributed by atoms with van der Waals surface area (Å²) < 4.78 is 18.6. The van der Waals surface area contributed by atoms with Crippen LogP contribution in [0.25, 0.3) is 10.2 Å². The number of thiophene rings is 1. The zero-order chi connectivity index (χ0) is 17.3. The van der Waals surface area contributed by atoms with Gasteiger partial charge in [0.25, 0.3) is 5.56 Å². The molecule has 2 heterocycles. The van der Waals surface area contributed by atoms with Gasteiger partial charge in [-0.3, -0.25) is 4.79 Å². The highest BCUT2D eigenvalue weighted by Crippen LogP contribution is 2.28. The average Bonchev–Trinajstić information content (AvgIpc) is 2.82. The number of rotatable bonds is 5. The van der Waals surface area contributed by atoms with E-state index in [4.69, 9.17) is 4.74 Å². The molecule has 0 unspecified atom stereocenters. The molecule has 1 aromatic carbocycles. The maximum Gasteiger partial charge on any atom is 0.259 e. The van der Waals surface area contributed by atoms with Gasteiger partial charge in [-0.2, -0.15) is 0 Å². The second kappa shape index (κ2) is 6.94. The fourth-order valence-electron chi connectivity index (χ4n) is 2.49. The number of fused-ring (bicyclic) bond motifs is 1. The molecule has 3 rings (SSSR count). The molecule has 24 heavy (non-hydrogen) atoms. The van der Waals surface area contributed by atoms with Crippen LogP contribution in [0.4, 0.5) is 4.39 Å². The molecule has 0 amide bonds. The molecule has 4 nitrogen and oxygen atoms in total. The first-order valence-electron chi connectivity index (χ1n) is 7.38. The van der Waals surface area contributed by atoms with Crippen LogP contribution in [0.15, 0.2) is 23.0 Å². The van der Waals surface area contributed by atoms with Crippen molar-refractivity contribution in [3.05, 3.63) is 56.2 Å². The fourth-order valence-corrected chi connectivity index (χ4v) is 4.41. The molecule has 0 bridgehead atoms. The molecule has 0 saturated carbocycles. The Kier molecular flexibility index (Phi) is 4.91. The third-order valence-electron chi connectivity index (χ3n) is 3.83. The number of aryl methyl sites for hydroxylation is 2. The van der Waals surface area contributed by atoms with Crippen molar-refractivity contribution in [2.24, 2.45) is 0 Å². The summed E-state index contributed by atoms with van der Waals surface area (Å²) in [6.07, 6.45) is 0. The Morgan fingerprint density at radius 2 is 2.12 bits per heavy atom. The number of nitrogens with one attached hydrogen (secondary N) is 1. The molecule has 126 valence electrons. The molecule has 0 saturated heterocycles. The molecular formula is C17H17FN2O2S2. The highest BCUT2D eigenvalue weighted by molar-refractivity contribution is 7.97. The van der Waals surface area contributed by atoms with Crippen LogP contribution in [0.5, 0.6) is 5.75 Å². The number of nitrogens with zero attached hydrogens (tertiary/aromatic N) is 1. The number of hydrogen-bond acceptors (Lipinski definition) is 5. The van der Waals surface area contributed by atoms with E-state index in [9.17, 15) is 9.18 Å². The number of aromatic amines is 1. The van der Waals surface area contributed by atoms with Crippen molar-refractivity contribution in [3.63, 3.8) is 0 Å². The lowest BCUT2D eigenvalue weighted by Gasteiger charge is -2.08. The summed E-state index contributed by atoms with van der Waals surface area (Å²) in [5.74, 6) is 2.12. The van der Waals surface area contributed by atoms with Gasteiger partial charge in [0.2, 0.25) is 0 Å². The molecule has 1 N–H and O–H groups in total. The molecule has 0 aliphatic carbocycles. The number of methoxy groups -OCH3 is 1. The average molecular weight is 364 g/mol. The van der Waals surface area contributed by atoms with Crippen LogP contribution in [-0.2, 0) is 11.5 Å². The van der Waals surface area contributed by atoms with Crippen molar-refractivity contribution in [1.82, 2.24) is 9.97 Å². The Hall–Kier alpha value is -1.86. The Bertz CT molecular complexity index is 950. The lowest BCUT2D eigenvalue weighted by molar-refractivity contribution is 0.410. The molecular weight excluding hydrogens is 347 g/mol. The predicted octanol–water partition coefficient (Wildman–Crippen LogP) is 4.18. The SMILES string of the molecule is COc1ccc(F)cc1CSCc1nc2sc(C)c(C)c2c(=O)[nH]1. The summed E-state index contributed by atoms with van der Waals surface area (Å²) >= 11 is 3.09. The minimum Gasteiger partial charge on any atom is -0.496 e. The van der Waals surface area contributed by atoms with Crippen molar-refractivity contribution >= 4 is 33.3 Å². The quantitative estimate of drug-likeness (QED) is 0.738. The van der Waals surface area contributed by atoms with Gasteiger partial charge in [0.15, 0.2) is 0 Å². The Morgan fingerprint density at radius 3 is 2.88 bits per heavy atom. The Labute approximate surface area is 147 Å². The topological polar surface area (TPSA) is 55.0 Å². The van der Waals surface area contributed by atoms with Gasteiger partial charge in [0, 0.05) is 16.2 Å². The third kappa shape index (κ3) is 3.32. The van der Waals surface area contributed by atoms with Gasteiger partial charge < -0.3 is 9.72 Å². The van der Waals surface area contributed by atoms with Crippen molar-refractivity contribution in [1.29, 1.82) is 0 Å². The number of hydrogen-bond donors (Lipinski definition) is 1. The van der Waals surface area contributed by atoms with Crippen LogP contribution >= 0.6 is 23.1 Å². The lowest BCUT2D eigenvalue weighted by atomic mass is 10.2. The first kappa shape index (κ1) is 17.0. The monoisotopic (exact) mass is 364 g/mol. The van der Waals surface area contributed by atoms with Gasteiger partial charge in [0.1, 0.15) is 22.2 Å². The summed E-state index contributed by atoms with van der Waals surface area (Å²) in [7, 11) is 1.57. The fraction of sp³-hybridized carbons (Fsp3) is 0.294. The number of halogens is 1. The smallest absolute Gasteiger partial charge is 0.259 e. The van der Waals surface area contributed by atoms with Crippen LogP contribution in [-0.4, -0.2) is 17.1 Å². The highest BCUT2D eigenvalue weighted by atomic mass is 32.2. The van der Waals surface area contributed by atoms with Gasteiger partial charge in [-0.25, -0.2) is 9.37 Å². The van der Waals surface area contributed by atoms with Gasteiger partial charge >= 0.3 is 0 Å². The van der Waals surface area contributed by atoms with E-state index in [1.807, 2.05) is 13.8 Å². The summed E-state index contributed by atoms with van der Waals surface area (Å²) in [5.41, 5.74) is 1.68. The molecule has 0 atom stereocenters. The summed E-state index contributed by atoms with van der Waals surface area (Å²) in [5, 5.41) is 0.679. The maximum absolute atomic E-state index is 13.4. The lowest BCUT2D eigenvalue weighted by Crippen LogP contribution is -2.10. The second-order valence-corrected chi connectivity index (χ2v) is 7.61. The van der Waals surface area contributed by atoms with E-state index in [2.05, 4.69) is 9.97 Å². The van der Waals surface area contributed by atoms with Gasteiger partial charge in [-0.15, -0.1) is 23.1 Å². The number of aromatic nitrogens is 2. The molecule has 7 heteroatoms. The molecule has 2 aromatic heterocycles. The molecule has 0 aliphatic heterocycles. The minimum absolute atomic E-state index is 0.0965. The molecule has 0 fully saturated rings. The van der Waals surface area contributed by atoms with Crippen molar-refractivity contribution in [2.45, 2.75) is 25.4 Å². The van der Waals surface area contributed by atoms with Crippen molar-refractivity contribution < 1.29 is 9.13 Å². The standard InChI is InChI=1S/C17H17FN2O2S2/c1-9-10(2)24-17-15(9)16(21)19-14(20-17)8-23-7-11-6-12(18)4-5-13(11)22-3/h4-6H,7-8H2,1-3H3,(H,19,20,21). The van der Waals surface area contributed by atoms with E-state index in [0.717, 1.165) is 20.8 Å². The van der Waals surface area contributed by atoms with E-state index in [1.54, 1.807) is 24.9 Å². The molecule has 0 radical (unpaired) electrons. The zero-order valence-electron chi connectivity index (χ0n) is 13.6. The van der Waals surface area contributed by atoms with Crippen molar-refractivity contribution in [3.8, 4) is 5.75 Å². The Morgan fingerprint density at radius 1 is 1.33 bits per heavy atom. The van der Waals surface area contributed by atoms with Gasteiger partial charge in [0.05, 0.1) is 18.2 Å². The van der Waals surface area contributed by atoms with Crippen LogP contribution < -0.4 is 10.3 Å². The number of benzene rings is 1. The van der Waals surface area contributed by atoms with Crippen LogP contribution in [0.1, 0.15) is 21.8 Å². The van der Waals surface area contributed by atoms with E-state index < -0.39 is 0 Å². The second-order valence-electron chi connectivity index (χ2n) is 5.42. The van der Waals surface area contributed by atoms with Gasteiger partial charge in [-0.1, -0.05) is 0 Å². The van der Waals surface area contributed by atoms with E-state index in [-0.39, 0.29) is 11.4 Å². The molecule has 0 aliphatic rings. The number of thioether (sulfide) groups is 1. The first-order valence-corrected chi connectivity index (χ1v) is 9.35. The number of ether oxygens (including phenoxy) is 1. The Balaban J connectivity index is 1.77. The molecule has 3 aromatic rings. The van der Waals surface area contributed by atoms with Crippen molar-refractivity contribution in [2.75, 3.05) is 7.11 Å². The predicted molar refractivity (Wildman–Crippen MR) is 97.7 cm³/mol.